The van der Waals surface area contributed by atoms with Gasteiger partial charge in [-0.25, -0.2) is 0 Å². The second-order valence-electron chi connectivity index (χ2n) is 8.97. The standard InChI is InChI=1S/C24H45NO4S/c1-5-24(4,25-15-16-28-17-18-29-19-22(26)20(2)3)30-23(27)21-13-11-9-7-6-8-10-12-14-21/h20-21,25H,5-19H2,1-4H3. The summed E-state index contributed by atoms with van der Waals surface area (Å²) in [5.74, 6) is 0.341. The normalized spacial score (nSPS) is 18.8. The van der Waals surface area contributed by atoms with Crippen molar-refractivity contribution in [2.45, 2.75) is 96.8 Å². The summed E-state index contributed by atoms with van der Waals surface area (Å²) in [4.78, 5) is 24.2. The summed E-state index contributed by atoms with van der Waals surface area (Å²) >= 11 is 1.49. The van der Waals surface area contributed by atoms with E-state index >= 15 is 0 Å². The zero-order valence-corrected chi connectivity index (χ0v) is 20.6. The first-order chi connectivity index (χ1) is 14.4. The molecule has 176 valence electrons. The Bertz CT molecular complexity index is 476. The molecule has 0 heterocycles. The third-order valence-corrected chi connectivity index (χ3v) is 7.36. The van der Waals surface area contributed by atoms with Crippen molar-refractivity contribution < 1.29 is 19.1 Å². The molecule has 0 spiro atoms. The third kappa shape index (κ3) is 12.4. The molecule has 1 aliphatic carbocycles. The molecular weight excluding hydrogens is 398 g/mol. The highest BCUT2D eigenvalue weighted by atomic mass is 32.2. The molecule has 0 saturated heterocycles. The van der Waals surface area contributed by atoms with Gasteiger partial charge in [0.1, 0.15) is 6.61 Å². The number of ketones is 1. The number of nitrogens with one attached hydrogen (secondary N) is 1. The van der Waals surface area contributed by atoms with Crippen molar-refractivity contribution in [3.05, 3.63) is 0 Å². The Morgan fingerprint density at radius 1 is 0.967 bits per heavy atom. The predicted octanol–water partition coefficient (Wildman–Crippen LogP) is 5.36. The fourth-order valence-corrected chi connectivity index (χ4v) is 4.70. The van der Waals surface area contributed by atoms with Crippen LogP contribution in [0.3, 0.4) is 0 Å². The van der Waals surface area contributed by atoms with Crippen LogP contribution in [0.2, 0.25) is 0 Å². The van der Waals surface area contributed by atoms with Crippen molar-refractivity contribution in [2.75, 3.05) is 33.0 Å². The fraction of sp³-hybridized carbons (Fsp3) is 0.917. The molecule has 0 aromatic heterocycles. The zero-order chi connectivity index (χ0) is 22.2. The van der Waals surface area contributed by atoms with Crippen molar-refractivity contribution >= 4 is 22.7 Å². The molecule has 0 aromatic rings. The Balaban J connectivity index is 2.26. The number of carbonyl (C=O) groups is 2. The molecule has 1 unspecified atom stereocenters. The first kappa shape index (κ1) is 27.6. The van der Waals surface area contributed by atoms with Gasteiger partial charge in [0.25, 0.3) is 0 Å². The highest BCUT2D eigenvalue weighted by molar-refractivity contribution is 8.14. The number of hydrogen-bond acceptors (Lipinski definition) is 6. The van der Waals surface area contributed by atoms with Gasteiger partial charge >= 0.3 is 0 Å². The molecule has 0 amide bonds. The van der Waals surface area contributed by atoms with Crippen LogP contribution in [0.5, 0.6) is 0 Å². The Kier molecular flexibility index (Phi) is 14.9. The SMILES string of the molecule is CCC(C)(NCCOCCOCC(=O)C(C)C)SC(=O)C1CCCCCCCCC1. The van der Waals surface area contributed by atoms with Crippen LogP contribution in [0.15, 0.2) is 0 Å². The van der Waals surface area contributed by atoms with Crippen LogP contribution in [0.4, 0.5) is 0 Å². The number of carbonyl (C=O) groups excluding carboxylic acids is 2. The molecule has 1 aliphatic rings. The van der Waals surface area contributed by atoms with Crippen LogP contribution >= 0.6 is 11.8 Å². The molecule has 1 atom stereocenters. The summed E-state index contributed by atoms with van der Waals surface area (Å²) in [6, 6.07) is 0. The Labute approximate surface area is 188 Å². The van der Waals surface area contributed by atoms with Gasteiger partial charge in [-0.1, -0.05) is 77.5 Å². The van der Waals surface area contributed by atoms with E-state index in [2.05, 4.69) is 19.2 Å². The van der Waals surface area contributed by atoms with Gasteiger partial charge in [-0.15, -0.1) is 0 Å². The van der Waals surface area contributed by atoms with Gasteiger partial charge in [0, 0.05) is 18.4 Å². The average molecular weight is 444 g/mol. The van der Waals surface area contributed by atoms with E-state index in [-0.39, 0.29) is 29.1 Å². The van der Waals surface area contributed by atoms with Crippen LogP contribution in [0.1, 0.15) is 91.9 Å². The minimum absolute atomic E-state index is 0.0124. The minimum Gasteiger partial charge on any atom is -0.378 e. The molecule has 0 aromatic carbocycles. The Morgan fingerprint density at radius 3 is 2.10 bits per heavy atom. The van der Waals surface area contributed by atoms with Gasteiger partial charge in [0.05, 0.1) is 24.7 Å². The maximum absolute atomic E-state index is 13.0. The fourth-order valence-electron chi connectivity index (χ4n) is 3.53. The van der Waals surface area contributed by atoms with Crippen LogP contribution in [0, 0.1) is 11.8 Å². The van der Waals surface area contributed by atoms with Crippen molar-refractivity contribution in [1.29, 1.82) is 0 Å². The maximum Gasteiger partial charge on any atom is 0.193 e. The van der Waals surface area contributed by atoms with E-state index < -0.39 is 0 Å². The smallest absolute Gasteiger partial charge is 0.193 e. The van der Waals surface area contributed by atoms with Crippen molar-refractivity contribution in [3.8, 4) is 0 Å². The molecule has 0 aliphatic heterocycles. The first-order valence-corrected chi connectivity index (χ1v) is 12.9. The van der Waals surface area contributed by atoms with Crippen molar-refractivity contribution in [2.24, 2.45) is 11.8 Å². The topological polar surface area (TPSA) is 64.6 Å². The molecule has 6 heteroatoms. The van der Waals surface area contributed by atoms with Gasteiger partial charge in [0.2, 0.25) is 0 Å². The number of rotatable bonds is 13. The average Bonchev–Trinajstić information content (AvgIpc) is 2.73. The highest BCUT2D eigenvalue weighted by Crippen LogP contribution is 2.33. The van der Waals surface area contributed by atoms with Crippen molar-refractivity contribution in [3.63, 3.8) is 0 Å². The van der Waals surface area contributed by atoms with E-state index in [0.29, 0.717) is 31.5 Å². The number of thioether (sulfide) groups is 1. The lowest BCUT2D eigenvalue weighted by Gasteiger charge is -2.30. The van der Waals surface area contributed by atoms with E-state index in [9.17, 15) is 9.59 Å². The number of hydrogen-bond donors (Lipinski definition) is 1. The minimum atomic E-state index is -0.254. The lowest BCUT2D eigenvalue weighted by Crippen LogP contribution is -2.42. The highest BCUT2D eigenvalue weighted by Gasteiger charge is 2.29. The van der Waals surface area contributed by atoms with E-state index in [0.717, 1.165) is 19.3 Å². The first-order valence-electron chi connectivity index (χ1n) is 12.0. The van der Waals surface area contributed by atoms with Crippen LogP contribution < -0.4 is 5.32 Å². The lowest BCUT2D eigenvalue weighted by molar-refractivity contribution is -0.127. The van der Waals surface area contributed by atoms with E-state index in [1.54, 1.807) is 0 Å². The molecule has 1 fully saturated rings. The number of ether oxygens (including phenoxy) is 2. The van der Waals surface area contributed by atoms with Gasteiger partial charge in [-0.2, -0.15) is 0 Å². The molecule has 5 nitrogen and oxygen atoms in total. The van der Waals surface area contributed by atoms with E-state index in [1.165, 1.54) is 56.7 Å². The van der Waals surface area contributed by atoms with Crippen molar-refractivity contribution in [1.82, 2.24) is 5.32 Å². The number of Topliss-reactive ketones (excluding diaryl/α,β-unsaturated/α-hetero) is 1. The largest absolute Gasteiger partial charge is 0.378 e. The summed E-state index contributed by atoms with van der Waals surface area (Å²) in [5, 5.41) is 3.87. The summed E-state index contributed by atoms with van der Waals surface area (Å²) in [6.07, 6.45) is 11.9. The van der Waals surface area contributed by atoms with Crippen LogP contribution in [-0.2, 0) is 19.1 Å². The molecule has 0 radical (unpaired) electrons. The Hall–Kier alpha value is -0.430. The van der Waals surface area contributed by atoms with Gasteiger partial charge in [0.15, 0.2) is 10.9 Å². The summed E-state index contributed by atoms with van der Waals surface area (Å²) < 4.78 is 10.9. The second kappa shape index (κ2) is 16.2. The molecule has 1 saturated carbocycles. The summed E-state index contributed by atoms with van der Waals surface area (Å²) in [6.45, 7) is 10.3. The van der Waals surface area contributed by atoms with E-state index in [1.807, 2.05) is 13.8 Å². The molecular formula is C24H45NO4S. The zero-order valence-electron chi connectivity index (χ0n) is 19.8. The van der Waals surface area contributed by atoms with Crippen LogP contribution in [-0.4, -0.2) is 48.7 Å². The summed E-state index contributed by atoms with van der Waals surface area (Å²) in [7, 11) is 0. The summed E-state index contributed by atoms with van der Waals surface area (Å²) in [5.41, 5.74) is 0. The third-order valence-electron chi connectivity index (χ3n) is 5.94. The molecule has 30 heavy (non-hydrogen) atoms. The molecule has 1 N–H and O–H groups in total. The van der Waals surface area contributed by atoms with Crippen LogP contribution in [0.25, 0.3) is 0 Å². The molecule has 0 bridgehead atoms. The predicted molar refractivity (Wildman–Crippen MR) is 126 cm³/mol. The quantitative estimate of drug-likeness (QED) is 0.305. The van der Waals surface area contributed by atoms with Gasteiger partial charge < -0.3 is 14.8 Å². The Morgan fingerprint density at radius 2 is 1.53 bits per heavy atom. The second-order valence-corrected chi connectivity index (χ2v) is 10.5. The van der Waals surface area contributed by atoms with E-state index in [4.69, 9.17) is 9.47 Å². The lowest BCUT2D eigenvalue weighted by atomic mass is 9.93. The van der Waals surface area contributed by atoms with Gasteiger partial charge in [-0.05, 0) is 26.2 Å². The molecule has 1 rings (SSSR count). The maximum atomic E-state index is 13.0. The van der Waals surface area contributed by atoms with Gasteiger partial charge in [-0.3, -0.25) is 9.59 Å². The monoisotopic (exact) mass is 443 g/mol.